The Bertz CT molecular complexity index is 609. The van der Waals surface area contributed by atoms with Crippen LogP contribution in [-0.4, -0.2) is 24.0 Å². The van der Waals surface area contributed by atoms with Gasteiger partial charge in [0.15, 0.2) is 0 Å². The molecule has 0 saturated heterocycles. The quantitative estimate of drug-likeness (QED) is 0.517. The Balaban J connectivity index is 2.09. The van der Waals surface area contributed by atoms with E-state index in [9.17, 15) is 14.9 Å². The van der Waals surface area contributed by atoms with Crippen LogP contribution in [-0.2, 0) is 9.53 Å². The summed E-state index contributed by atoms with van der Waals surface area (Å²) in [6, 6.07) is 6.14. The van der Waals surface area contributed by atoms with Gasteiger partial charge in [-0.25, -0.2) is 0 Å². The molecule has 7 nitrogen and oxygen atoms in total. The first-order valence-electron chi connectivity index (χ1n) is 6.58. The van der Waals surface area contributed by atoms with Gasteiger partial charge < -0.3 is 10.1 Å². The van der Waals surface area contributed by atoms with Crippen LogP contribution in [0.4, 0.5) is 11.4 Å². The molecule has 1 N–H and O–H groups in total. The number of non-ortho nitro benzene ring substituents is 1. The highest BCUT2D eigenvalue weighted by Crippen LogP contribution is 2.30. The SMILES string of the molecule is COC(=O)[C@H]1CC[C@@H](Nc2ccc([N+](=O)[O-])cc2C#N)C1. The lowest BCUT2D eigenvalue weighted by molar-refractivity contribution is -0.384. The maximum absolute atomic E-state index is 11.5. The molecule has 0 aromatic heterocycles. The topological polar surface area (TPSA) is 105 Å². The number of nitrogens with one attached hydrogen (secondary N) is 1. The van der Waals surface area contributed by atoms with E-state index in [1.807, 2.05) is 6.07 Å². The molecule has 1 aromatic carbocycles. The summed E-state index contributed by atoms with van der Waals surface area (Å²) >= 11 is 0. The van der Waals surface area contributed by atoms with Crippen molar-refractivity contribution in [2.45, 2.75) is 25.3 Å². The highest BCUT2D eigenvalue weighted by atomic mass is 16.6. The number of nitrogens with zero attached hydrogens (tertiary/aromatic N) is 2. The molecule has 0 bridgehead atoms. The number of nitriles is 1. The first kappa shape index (κ1) is 14.8. The van der Waals surface area contributed by atoms with Crippen molar-refractivity contribution in [2.24, 2.45) is 5.92 Å². The zero-order valence-electron chi connectivity index (χ0n) is 11.5. The van der Waals surface area contributed by atoms with Gasteiger partial charge in [-0.1, -0.05) is 0 Å². The number of hydrogen-bond acceptors (Lipinski definition) is 6. The Morgan fingerprint density at radius 2 is 2.29 bits per heavy atom. The predicted molar refractivity (Wildman–Crippen MR) is 74.6 cm³/mol. The van der Waals surface area contributed by atoms with Gasteiger partial charge in [-0.05, 0) is 25.3 Å². The minimum atomic E-state index is -0.534. The van der Waals surface area contributed by atoms with Crippen molar-refractivity contribution in [3.63, 3.8) is 0 Å². The van der Waals surface area contributed by atoms with Gasteiger partial charge in [0.05, 0.1) is 29.2 Å². The molecule has 2 atom stereocenters. The predicted octanol–water partition coefficient (Wildman–Crippen LogP) is 2.22. The summed E-state index contributed by atoms with van der Waals surface area (Å²) in [5, 5.41) is 23.0. The molecule has 0 aliphatic heterocycles. The molecule has 7 heteroatoms. The molecule has 0 unspecified atom stereocenters. The van der Waals surface area contributed by atoms with Crippen LogP contribution < -0.4 is 5.32 Å². The standard InChI is InChI=1S/C14H15N3O4/c1-21-14(18)9-2-3-11(6-9)16-13-5-4-12(17(19)20)7-10(13)8-15/h4-5,7,9,11,16H,2-3,6H2,1H3/t9-,11+/m0/s1. The number of esters is 1. The molecule has 21 heavy (non-hydrogen) atoms. The fraction of sp³-hybridized carbons (Fsp3) is 0.429. The van der Waals surface area contributed by atoms with E-state index >= 15 is 0 Å². The molecule has 1 aliphatic rings. The van der Waals surface area contributed by atoms with E-state index in [0.717, 1.165) is 12.8 Å². The maximum atomic E-state index is 11.5. The van der Waals surface area contributed by atoms with Crippen LogP contribution in [0, 0.1) is 27.4 Å². The number of carbonyl (C=O) groups is 1. The summed E-state index contributed by atoms with van der Waals surface area (Å²) in [7, 11) is 1.37. The smallest absolute Gasteiger partial charge is 0.308 e. The second kappa shape index (κ2) is 6.22. The Labute approximate surface area is 121 Å². The number of rotatable bonds is 4. The molecular weight excluding hydrogens is 274 g/mol. The second-order valence-corrected chi connectivity index (χ2v) is 4.97. The molecular formula is C14H15N3O4. The highest BCUT2D eigenvalue weighted by Gasteiger charge is 2.30. The van der Waals surface area contributed by atoms with Gasteiger partial charge in [-0.15, -0.1) is 0 Å². The van der Waals surface area contributed by atoms with E-state index in [4.69, 9.17) is 10.00 Å². The maximum Gasteiger partial charge on any atom is 0.308 e. The zero-order valence-corrected chi connectivity index (χ0v) is 11.5. The van der Waals surface area contributed by atoms with Crippen molar-refractivity contribution in [1.29, 1.82) is 5.26 Å². The number of anilines is 1. The van der Waals surface area contributed by atoms with Crippen LogP contribution in [0.5, 0.6) is 0 Å². The van der Waals surface area contributed by atoms with Gasteiger partial charge in [0, 0.05) is 18.2 Å². The Morgan fingerprint density at radius 3 is 2.90 bits per heavy atom. The van der Waals surface area contributed by atoms with Crippen LogP contribution in [0.2, 0.25) is 0 Å². The van der Waals surface area contributed by atoms with Crippen molar-refractivity contribution in [1.82, 2.24) is 0 Å². The number of benzene rings is 1. The third-order valence-electron chi connectivity index (χ3n) is 3.66. The third-order valence-corrected chi connectivity index (χ3v) is 3.66. The summed E-state index contributed by atoms with van der Waals surface area (Å²) in [6.45, 7) is 0. The van der Waals surface area contributed by atoms with E-state index in [1.165, 1.54) is 25.3 Å². The van der Waals surface area contributed by atoms with Crippen molar-refractivity contribution in [3.8, 4) is 6.07 Å². The molecule has 0 amide bonds. The van der Waals surface area contributed by atoms with Gasteiger partial charge in [0.25, 0.3) is 5.69 Å². The fourth-order valence-corrected chi connectivity index (χ4v) is 2.58. The Kier molecular flexibility index (Phi) is 4.38. The van der Waals surface area contributed by atoms with Crippen LogP contribution in [0.1, 0.15) is 24.8 Å². The van der Waals surface area contributed by atoms with Gasteiger partial charge in [0.1, 0.15) is 6.07 Å². The molecule has 0 heterocycles. The molecule has 110 valence electrons. The molecule has 1 aromatic rings. The Morgan fingerprint density at radius 1 is 1.52 bits per heavy atom. The number of nitro groups is 1. The van der Waals surface area contributed by atoms with Crippen molar-refractivity contribution < 1.29 is 14.5 Å². The molecule has 1 fully saturated rings. The number of carbonyl (C=O) groups excluding carboxylic acids is 1. The van der Waals surface area contributed by atoms with Crippen LogP contribution in [0.15, 0.2) is 18.2 Å². The molecule has 0 radical (unpaired) electrons. The van der Waals surface area contributed by atoms with E-state index in [2.05, 4.69) is 5.32 Å². The lowest BCUT2D eigenvalue weighted by atomic mass is 10.1. The summed E-state index contributed by atoms with van der Waals surface area (Å²) in [4.78, 5) is 21.6. The number of ether oxygens (including phenoxy) is 1. The highest BCUT2D eigenvalue weighted by molar-refractivity contribution is 5.73. The van der Waals surface area contributed by atoms with Crippen molar-refractivity contribution in [2.75, 3.05) is 12.4 Å². The number of methoxy groups -OCH3 is 1. The summed E-state index contributed by atoms with van der Waals surface area (Å²) in [5.74, 6) is -0.348. The first-order valence-corrected chi connectivity index (χ1v) is 6.58. The van der Waals surface area contributed by atoms with Crippen LogP contribution >= 0.6 is 0 Å². The van der Waals surface area contributed by atoms with Gasteiger partial charge in [0.2, 0.25) is 0 Å². The van der Waals surface area contributed by atoms with Crippen molar-refractivity contribution >= 4 is 17.3 Å². The lowest BCUT2D eigenvalue weighted by Crippen LogP contribution is -2.19. The summed E-state index contributed by atoms with van der Waals surface area (Å²) in [6.07, 6.45) is 2.16. The molecule has 1 saturated carbocycles. The van der Waals surface area contributed by atoms with Gasteiger partial charge in [-0.2, -0.15) is 5.26 Å². The minimum Gasteiger partial charge on any atom is -0.469 e. The van der Waals surface area contributed by atoms with Gasteiger partial charge in [-0.3, -0.25) is 14.9 Å². The average Bonchev–Trinajstić information content (AvgIpc) is 2.95. The van der Waals surface area contributed by atoms with E-state index < -0.39 is 4.92 Å². The fourth-order valence-electron chi connectivity index (χ4n) is 2.58. The van der Waals surface area contributed by atoms with Crippen LogP contribution in [0.3, 0.4) is 0 Å². The van der Waals surface area contributed by atoms with E-state index in [0.29, 0.717) is 12.1 Å². The monoisotopic (exact) mass is 289 g/mol. The normalized spacial score (nSPS) is 20.6. The zero-order chi connectivity index (χ0) is 15.4. The summed E-state index contributed by atoms with van der Waals surface area (Å²) < 4.78 is 4.73. The molecule has 0 spiro atoms. The van der Waals surface area contributed by atoms with Gasteiger partial charge >= 0.3 is 5.97 Å². The Hall–Kier alpha value is -2.62. The van der Waals surface area contributed by atoms with Crippen molar-refractivity contribution in [3.05, 3.63) is 33.9 Å². The minimum absolute atomic E-state index is 0.0580. The molecule has 2 rings (SSSR count). The summed E-state index contributed by atoms with van der Waals surface area (Å²) in [5.41, 5.74) is 0.667. The lowest BCUT2D eigenvalue weighted by Gasteiger charge is -2.15. The first-order chi connectivity index (χ1) is 10.0. The number of nitro benzene ring substituents is 1. The largest absolute Gasteiger partial charge is 0.469 e. The third kappa shape index (κ3) is 3.28. The van der Waals surface area contributed by atoms with Crippen LogP contribution in [0.25, 0.3) is 0 Å². The number of hydrogen-bond donors (Lipinski definition) is 1. The second-order valence-electron chi connectivity index (χ2n) is 4.97. The van der Waals surface area contributed by atoms with E-state index in [1.54, 1.807) is 0 Å². The van der Waals surface area contributed by atoms with E-state index in [-0.39, 0.29) is 29.2 Å². The average molecular weight is 289 g/mol. The molecule has 1 aliphatic carbocycles.